The summed E-state index contributed by atoms with van der Waals surface area (Å²) in [6, 6.07) is 0. The summed E-state index contributed by atoms with van der Waals surface area (Å²) in [6.07, 6.45) is 8.51. The van der Waals surface area contributed by atoms with E-state index in [0.29, 0.717) is 5.66 Å². The lowest BCUT2D eigenvalue weighted by Gasteiger charge is -2.19. The lowest BCUT2D eigenvalue weighted by atomic mass is 10.0. The van der Waals surface area contributed by atoms with E-state index in [1.807, 2.05) is 0 Å². The first kappa shape index (κ1) is 9.19. The Bertz CT molecular complexity index is 128. The topological polar surface area (TPSA) is 17.1 Å². The van der Waals surface area contributed by atoms with Crippen molar-refractivity contribution in [3.05, 3.63) is 0 Å². The van der Waals surface area contributed by atoms with Gasteiger partial charge in [0.1, 0.15) is 0 Å². The molecular weight excluding hydrogens is 155 g/mol. The van der Waals surface area contributed by atoms with Gasteiger partial charge in [0.15, 0.2) is 0 Å². The number of hydrogen-bond donors (Lipinski definition) is 0. The molecule has 0 heterocycles. The molecule has 2 heteroatoms. The second-order valence-corrected chi connectivity index (χ2v) is 5.44. The highest BCUT2D eigenvalue weighted by Gasteiger charge is 2.18. The molecule has 0 aromatic carbocycles. The van der Waals surface area contributed by atoms with Gasteiger partial charge in [0.25, 0.3) is 0 Å². The van der Waals surface area contributed by atoms with Gasteiger partial charge >= 0.3 is 0 Å². The molecule has 0 spiro atoms. The highest BCUT2D eigenvalue weighted by Crippen LogP contribution is 2.38. The van der Waals surface area contributed by atoms with Crippen molar-refractivity contribution in [1.29, 1.82) is 0 Å². The average Bonchev–Trinajstić information content (AvgIpc) is 2.07. The van der Waals surface area contributed by atoms with Gasteiger partial charge in [-0.3, -0.25) is 4.57 Å². The van der Waals surface area contributed by atoms with Crippen LogP contribution in [0.3, 0.4) is 0 Å². The third-order valence-electron chi connectivity index (χ3n) is 2.43. The maximum absolute atomic E-state index is 11.5. The quantitative estimate of drug-likeness (QED) is 0.596. The average molecular weight is 173 g/mol. The highest BCUT2D eigenvalue weighted by molar-refractivity contribution is 7.45. The monoisotopic (exact) mass is 173 g/mol. The Morgan fingerprint density at radius 3 is 2.45 bits per heavy atom. The predicted octanol–water partition coefficient (Wildman–Crippen LogP) is 3.56. The van der Waals surface area contributed by atoms with Gasteiger partial charge < -0.3 is 0 Å². The maximum Gasteiger partial charge on any atom is 0.0750 e. The first-order valence-electron chi connectivity index (χ1n) is 4.78. The van der Waals surface area contributed by atoms with E-state index < -0.39 is 7.80 Å². The van der Waals surface area contributed by atoms with Gasteiger partial charge in [-0.05, 0) is 19.3 Å². The van der Waals surface area contributed by atoms with Crippen molar-refractivity contribution in [2.24, 2.45) is 0 Å². The van der Waals surface area contributed by atoms with E-state index in [2.05, 4.69) is 6.92 Å². The molecule has 1 radical (unpaired) electrons. The Hall–Kier alpha value is 0.100. The zero-order valence-electron chi connectivity index (χ0n) is 7.38. The van der Waals surface area contributed by atoms with Gasteiger partial charge in [-0.1, -0.05) is 26.2 Å². The third kappa shape index (κ3) is 2.91. The third-order valence-corrected chi connectivity index (χ3v) is 4.64. The fourth-order valence-electron chi connectivity index (χ4n) is 1.77. The molecule has 1 saturated carbocycles. The van der Waals surface area contributed by atoms with E-state index in [1.165, 1.54) is 32.1 Å². The highest BCUT2D eigenvalue weighted by atomic mass is 31.1. The number of hydrogen-bond acceptors (Lipinski definition) is 1. The fourth-order valence-corrected chi connectivity index (χ4v) is 3.52. The first-order valence-corrected chi connectivity index (χ1v) is 6.29. The van der Waals surface area contributed by atoms with Gasteiger partial charge in [0.05, 0.1) is 7.80 Å². The van der Waals surface area contributed by atoms with Gasteiger partial charge in [-0.15, -0.1) is 0 Å². The van der Waals surface area contributed by atoms with Crippen LogP contribution in [0, 0.1) is 0 Å². The van der Waals surface area contributed by atoms with Crippen molar-refractivity contribution in [1.82, 2.24) is 0 Å². The molecule has 0 bridgehead atoms. The minimum atomic E-state index is -0.849. The summed E-state index contributed by atoms with van der Waals surface area (Å²) in [7, 11) is -0.849. The zero-order chi connectivity index (χ0) is 8.10. The maximum atomic E-state index is 11.5. The molecule has 0 saturated heterocycles. The second kappa shape index (κ2) is 4.87. The summed E-state index contributed by atoms with van der Waals surface area (Å²) in [5.41, 5.74) is 0.582. The first-order chi connectivity index (χ1) is 5.34. The zero-order valence-corrected chi connectivity index (χ0v) is 8.28. The summed E-state index contributed by atoms with van der Waals surface area (Å²) >= 11 is 0. The second-order valence-electron chi connectivity index (χ2n) is 3.43. The molecule has 1 aliphatic carbocycles. The van der Waals surface area contributed by atoms with Crippen molar-refractivity contribution in [2.75, 3.05) is 6.16 Å². The minimum Gasteiger partial charge on any atom is -0.287 e. The van der Waals surface area contributed by atoms with Crippen LogP contribution >= 0.6 is 7.80 Å². The summed E-state index contributed by atoms with van der Waals surface area (Å²) in [5, 5.41) is 0. The molecule has 1 atom stereocenters. The van der Waals surface area contributed by atoms with E-state index in [9.17, 15) is 4.57 Å². The van der Waals surface area contributed by atoms with Crippen LogP contribution in [-0.2, 0) is 4.57 Å². The molecule has 1 rings (SSSR count). The molecule has 0 aliphatic heterocycles. The molecular formula is C9H18OP. The Morgan fingerprint density at radius 2 is 1.91 bits per heavy atom. The van der Waals surface area contributed by atoms with Gasteiger partial charge in [-0.25, -0.2) is 0 Å². The SMILES string of the molecule is CCC[P](=O)C1CCCCC1. The van der Waals surface area contributed by atoms with Crippen LogP contribution in [0.5, 0.6) is 0 Å². The van der Waals surface area contributed by atoms with Crippen LogP contribution in [0.4, 0.5) is 0 Å². The van der Waals surface area contributed by atoms with E-state index >= 15 is 0 Å². The Morgan fingerprint density at radius 1 is 1.27 bits per heavy atom. The van der Waals surface area contributed by atoms with Crippen LogP contribution < -0.4 is 0 Å². The molecule has 1 aliphatic rings. The van der Waals surface area contributed by atoms with Crippen molar-refractivity contribution in [3.63, 3.8) is 0 Å². The van der Waals surface area contributed by atoms with Crippen molar-refractivity contribution >= 4 is 7.80 Å². The lowest BCUT2D eigenvalue weighted by Crippen LogP contribution is -2.08. The van der Waals surface area contributed by atoms with E-state index in [0.717, 1.165) is 12.6 Å². The normalized spacial score (nSPS) is 21.7. The molecule has 11 heavy (non-hydrogen) atoms. The number of rotatable bonds is 3. The summed E-state index contributed by atoms with van der Waals surface area (Å²) in [4.78, 5) is 0. The van der Waals surface area contributed by atoms with Gasteiger partial charge in [-0.2, -0.15) is 0 Å². The van der Waals surface area contributed by atoms with Gasteiger partial charge in [0.2, 0.25) is 0 Å². The van der Waals surface area contributed by atoms with Crippen molar-refractivity contribution in [3.8, 4) is 0 Å². The molecule has 0 N–H and O–H groups in total. The van der Waals surface area contributed by atoms with Crippen LogP contribution in [0.15, 0.2) is 0 Å². The Balaban J connectivity index is 2.27. The van der Waals surface area contributed by atoms with E-state index in [4.69, 9.17) is 0 Å². The van der Waals surface area contributed by atoms with Crippen molar-refractivity contribution in [2.45, 2.75) is 51.1 Å². The molecule has 1 fully saturated rings. The van der Waals surface area contributed by atoms with E-state index in [1.54, 1.807) is 0 Å². The fraction of sp³-hybridized carbons (Fsp3) is 1.00. The molecule has 1 unspecified atom stereocenters. The molecule has 0 amide bonds. The van der Waals surface area contributed by atoms with Crippen molar-refractivity contribution < 1.29 is 4.57 Å². The predicted molar refractivity (Wildman–Crippen MR) is 49.6 cm³/mol. The van der Waals surface area contributed by atoms with Crippen LogP contribution in [0.25, 0.3) is 0 Å². The lowest BCUT2D eigenvalue weighted by molar-refractivity contribution is 0.490. The summed E-state index contributed by atoms with van der Waals surface area (Å²) in [5.74, 6) is 0. The summed E-state index contributed by atoms with van der Waals surface area (Å²) < 4.78 is 11.5. The molecule has 0 aromatic rings. The smallest absolute Gasteiger partial charge is 0.0750 e. The Kier molecular flexibility index (Phi) is 4.07. The molecule has 65 valence electrons. The Labute approximate surface area is 70.4 Å². The van der Waals surface area contributed by atoms with Crippen LogP contribution in [0.1, 0.15) is 45.4 Å². The largest absolute Gasteiger partial charge is 0.287 e. The van der Waals surface area contributed by atoms with Gasteiger partial charge in [0, 0.05) is 11.8 Å². The van der Waals surface area contributed by atoms with Crippen LogP contribution in [0.2, 0.25) is 0 Å². The minimum absolute atomic E-state index is 0.582. The molecule has 1 nitrogen and oxygen atoms in total. The molecule has 0 aromatic heterocycles. The summed E-state index contributed by atoms with van der Waals surface area (Å²) in [6.45, 7) is 2.12. The standard InChI is InChI=1S/C9H18OP/c1-2-8-11(10)9-6-4-3-5-7-9/h9H,2-8H2,1H3. The van der Waals surface area contributed by atoms with E-state index in [-0.39, 0.29) is 0 Å². The van der Waals surface area contributed by atoms with Crippen LogP contribution in [-0.4, -0.2) is 11.8 Å².